The maximum atomic E-state index is 4.56. The summed E-state index contributed by atoms with van der Waals surface area (Å²) in [6.45, 7) is 2.08. The molecule has 3 heterocycles. The minimum Gasteiger partial charge on any atom is -0.350 e. The first-order chi connectivity index (χ1) is 9.33. The smallest absolute Gasteiger partial charge is 0.223 e. The van der Waals surface area contributed by atoms with Crippen molar-refractivity contribution in [2.75, 3.05) is 18.4 Å². The Morgan fingerprint density at radius 3 is 3.05 bits per heavy atom. The molecule has 2 N–H and O–H groups in total. The van der Waals surface area contributed by atoms with Crippen molar-refractivity contribution < 1.29 is 0 Å². The van der Waals surface area contributed by atoms with E-state index >= 15 is 0 Å². The monoisotopic (exact) mass is 258 g/mol. The van der Waals surface area contributed by atoms with E-state index in [1.165, 1.54) is 6.42 Å². The molecule has 0 spiro atoms. The summed E-state index contributed by atoms with van der Waals surface area (Å²) in [5.41, 5.74) is 1.88. The highest BCUT2D eigenvalue weighted by Crippen LogP contribution is 2.17. The van der Waals surface area contributed by atoms with E-state index in [4.69, 9.17) is 0 Å². The van der Waals surface area contributed by atoms with Gasteiger partial charge in [0.25, 0.3) is 0 Å². The highest BCUT2D eigenvalue weighted by molar-refractivity contribution is 5.55. The summed E-state index contributed by atoms with van der Waals surface area (Å²) in [6.07, 6.45) is 5.91. The first-order valence-corrected chi connectivity index (χ1v) is 6.61. The molecule has 0 saturated carbocycles. The molecule has 100 valence electrons. The van der Waals surface area contributed by atoms with Crippen molar-refractivity contribution in [2.24, 2.45) is 7.05 Å². The predicted octanol–water partition coefficient (Wildman–Crippen LogP) is 1.04. The second kappa shape index (κ2) is 5.36. The van der Waals surface area contributed by atoms with Crippen molar-refractivity contribution in [2.45, 2.75) is 18.9 Å². The first kappa shape index (κ1) is 12.1. The molecule has 1 saturated heterocycles. The van der Waals surface area contributed by atoms with Crippen LogP contribution in [0.4, 0.5) is 5.95 Å². The van der Waals surface area contributed by atoms with Crippen LogP contribution in [0.15, 0.2) is 24.5 Å². The maximum absolute atomic E-state index is 4.56. The number of anilines is 1. The van der Waals surface area contributed by atoms with Crippen LogP contribution in [0.25, 0.3) is 11.4 Å². The van der Waals surface area contributed by atoms with Gasteiger partial charge in [0.2, 0.25) is 5.95 Å². The van der Waals surface area contributed by atoms with Crippen molar-refractivity contribution in [1.29, 1.82) is 0 Å². The van der Waals surface area contributed by atoms with Gasteiger partial charge in [-0.15, -0.1) is 0 Å². The number of rotatable bonds is 3. The lowest BCUT2D eigenvalue weighted by Gasteiger charge is -2.23. The number of hydrogen-bond acceptors (Lipinski definition) is 5. The van der Waals surface area contributed by atoms with Crippen molar-refractivity contribution >= 4 is 5.95 Å². The summed E-state index contributed by atoms with van der Waals surface area (Å²) in [6, 6.07) is 4.27. The number of nitrogens with zero attached hydrogens (tertiary/aromatic N) is 4. The average molecular weight is 258 g/mol. The van der Waals surface area contributed by atoms with Gasteiger partial charge in [-0.05, 0) is 31.5 Å². The topological polar surface area (TPSA) is 67.7 Å². The van der Waals surface area contributed by atoms with Gasteiger partial charge in [-0.25, -0.2) is 9.97 Å². The zero-order chi connectivity index (χ0) is 13.1. The van der Waals surface area contributed by atoms with Crippen molar-refractivity contribution in [1.82, 2.24) is 25.1 Å². The van der Waals surface area contributed by atoms with Crippen LogP contribution in [-0.2, 0) is 7.05 Å². The highest BCUT2D eigenvalue weighted by atomic mass is 15.3. The largest absolute Gasteiger partial charge is 0.350 e. The zero-order valence-corrected chi connectivity index (χ0v) is 11.0. The van der Waals surface area contributed by atoms with E-state index in [0.717, 1.165) is 30.9 Å². The molecule has 1 unspecified atom stereocenters. The molecule has 19 heavy (non-hydrogen) atoms. The lowest BCUT2D eigenvalue weighted by atomic mass is 10.1. The molecule has 1 aliphatic rings. The van der Waals surface area contributed by atoms with Crippen LogP contribution in [0.1, 0.15) is 12.8 Å². The van der Waals surface area contributed by atoms with E-state index in [9.17, 15) is 0 Å². The molecule has 0 radical (unpaired) electrons. The summed E-state index contributed by atoms with van der Waals surface area (Å²) < 4.78 is 1.81. The molecule has 0 bridgehead atoms. The van der Waals surface area contributed by atoms with Gasteiger partial charge in [0.15, 0.2) is 0 Å². The maximum Gasteiger partial charge on any atom is 0.223 e. The Balaban J connectivity index is 1.78. The second-order valence-electron chi connectivity index (χ2n) is 4.79. The fourth-order valence-electron chi connectivity index (χ4n) is 2.35. The van der Waals surface area contributed by atoms with Crippen molar-refractivity contribution in [3.8, 4) is 11.4 Å². The van der Waals surface area contributed by atoms with Crippen molar-refractivity contribution in [3.63, 3.8) is 0 Å². The summed E-state index contributed by atoms with van der Waals surface area (Å²) in [5.74, 6) is 0.687. The minimum atomic E-state index is 0.413. The van der Waals surface area contributed by atoms with Crippen molar-refractivity contribution in [3.05, 3.63) is 24.5 Å². The zero-order valence-electron chi connectivity index (χ0n) is 11.0. The van der Waals surface area contributed by atoms with Crippen LogP contribution >= 0.6 is 0 Å². The molecule has 1 aliphatic heterocycles. The molecule has 6 heteroatoms. The van der Waals surface area contributed by atoms with Gasteiger partial charge in [-0.3, -0.25) is 4.68 Å². The predicted molar refractivity (Wildman–Crippen MR) is 73.7 cm³/mol. The van der Waals surface area contributed by atoms with Crippen LogP contribution in [0.2, 0.25) is 0 Å². The van der Waals surface area contributed by atoms with Gasteiger partial charge in [-0.1, -0.05) is 0 Å². The fourth-order valence-corrected chi connectivity index (χ4v) is 2.35. The Hall–Kier alpha value is -1.95. The number of nitrogens with one attached hydrogen (secondary N) is 2. The molecule has 6 nitrogen and oxygen atoms in total. The van der Waals surface area contributed by atoms with Crippen LogP contribution in [0, 0.1) is 0 Å². The molecule has 0 amide bonds. The van der Waals surface area contributed by atoms with Crippen LogP contribution in [0.3, 0.4) is 0 Å². The molecule has 1 fully saturated rings. The van der Waals surface area contributed by atoms with E-state index in [1.54, 1.807) is 12.4 Å². The number of piperidine rings is 1. The fraction of sp³-hybridized carbons (Fsp3) is 0.462. The van der Waals surface area contributed by atoms with Gasteiger partial charge in [0.1, 0.15) is 0 Å². The Labute approximate surface area is 112 Å². The van der Waals surface area contributed by atoms with Gasteiger partial charge in [0, 0.05) is 32.0 Å². The molecule has 0 aromatic carbocycles. The summed E-state index contributed by atoms with van der Waals surface area (Å²) in [7, 11) is 1.91. The van der Waals surface area contributed by atoms with Gasteiger partial charge in [-0.2, -0.15) is 5.10 Å². The first-order valence-electron chi connectivity index (χ1n) is 6.61. The Morgan fingerprint density at radius 2 is 2.32 bits per heavy atom. The van der Waals surface area contributed by atoms with E-state index in [0.29, 0.717) is 12.0 Å². The normalized spacial score (nSPS) is 19.3. The van der Waals surface area contributed by atoms with Crippen LogP contribution in [0.5, 0.6) is 0 Å². The lowest BCUT2D eigenvalue weighted by molar-refractivity contribution is 0.478. The molecular weight excluding hydrogens is 240 g/mol. The Kier molecular flexibility index (Phi) is 3.41. The quantitative estimate of drug-likeness (QED) is 0.861. The van der Waals surface area contributed by atoms with E-state index in [-0.39, 0.29) is 0 Å². The molecule has 3 rings (SSSR count). The van der Waals surface area contributed by atoms with Gasteiger partial charge < -0.3 is 10.6 Å². The standard InChI is InChI=1S/C13H18N6/c1-19-12(5-8-16-19)11-4-7-15-13(18-11)17-10-3-2-6-14-9-10/h4-5,7-8,10,14H,2-3,6,9H2,1H3,(H,15,17,18). The van der Waals surface area contributed by atoms with Gasteiger partial charge >= 0.3 is 0 Å². The lowest BCUT2D eigenvalue weighted by Crippen LogP contribution is -2.38. The van der Waals surface area contributed by atoms with E-state index < -0.39 is 0 Å². The van der Waals surface area contributed by atoms with Gasteiger partial charge in [0.05, 0.1) is 11.4 Å². The van der Waals surface area contributed by atoms with Crippen LogP contribution in [-0.4, -0.2) is 38.9 Å². The van der Waals surface area contributed by atoms with E-state index in [2.05, 4.69) is 25.7 Å². The average Bonchev–Trinajstić information content (AvgIpc) is 2.86. The Bertz CT molecular complexity index is 544. The number of aryl methyl sites for hydroxylation is 1. The third-order valence-electron chi connectivity index (χ3n) is 3.37. The SMILES string of the molecule is Cn1nccc1-c1ccnc(NC2CCCNC2)n1. The summed E-state index contributed by atoms with van der Waals surface area (Å²) >= 11 is 0. The summed E-state index contributed by atoms with van der Waals surface area (Å²) in [5, 5.41) is 10.9. The van der Waals surface area contributed by atoms with Crippen LogP contribution < -0.4 is 10.6 Å². The molecule has 2 aromatic heterocycles. The highest BCUT2D eigenvalue weighted by Gasteiger charge is 2.14. The molecule has 1 atom stereocenters. The minimum absolute atomic E-state index is 0.413. The third kappa shape index (κ3) is 2.73. The summed E-state index contributed by atoms with van der Waals surface area (Å²) in [4.78, 5) is 8.85. The molecule has 0 aliphatic carbocycles. The number of hydrogen-bond donors (Lipinski definition) is 2. The Morgan fingerprint density at radius 1 is 1.37 bits per heavy atom. The van der Waals surface area contributed by atoms with E-state index in [1.807, 2.05) is 23.9 Å². The number of aromatic nitrogens is 4. The molecular formula is C13H18N6. The molecule has 2 aromatic rings. The second-order valence-corrected chi connectivity index (χ2v) is 4.79. The third-order valence-corrected chi connectivity index (χ3v) is 3.37.